The highest BCUT2D eigenvalue weighted by Gasteiger charge is 2.28. The maximum Gasteiger partial charge on any atom is 0.356 e. The van der Waals surface area contributed by atoms with Crippen LogP contribution in [0.15, 0.2) is 53.3 Å². The smallest absolute Gasteiger partial charge is 0.356 e. The number of amides is 1. The van der Waals surface area contributed by atoms with Crippen LogP contribution in [0.1, 0.15) is 57.5 Å². The summed E-state index contributed by atoms with van der Waals surface area (Å²) in [6, 6.07) is 13.9. The summed E-state index contributed by atoms with van der Waals surface area (Å²) in [5.41, 5.74) is 2.12. The van der Waals surface area contributed by atoms with E-state index in [0.29, 0.717) is 37.5 Å². The molecule has 2 aromatic carbocycles. The van der Waals surface area contributed by atoms with Gasteiger partial charge < -0.3 is 19.4 Å². The Morgan fingerprint density at radius 3 is 2.39 bits per heavy atom. The number of nitrogens with zero attached hydrogens (tertiary/aromatic N) is 1. The third-order valence-corrected chi connectivity index (χ3v) is 8.58. The van der Waals surface area contributed by atoms with Crippen molar-refractivity contribution in [2.75, 3.05) is 18.5 Å². The molecule has 0 spiro atoms. The molecule has 5 rings (SSSR count). The summed E-state index contributed by atoms with van der Waals surface area (Å²) in [5, 5.41) is 4.71. The van der Waals surface area contributed by atoms with Crippen molar-refractivity contribution in [3.63, 3.8) is 0 Å². The number of carbonyl (C=O) groups excluding carboxylic acids is 3. The Morgan fingerprint density at radius 1 is 0.951 bits per heavy atom. The molecule has 41 heavy (non-hydrogen) atoms. The van der Waals surface area contributed by atoms with E-state index in [1.807, 2.05) is 0 Å². The summed E-state index contributed by atoms with van der Waals surface area (Å²) in [6.45, 7) is 1.35. The van der Waals surface area contributed by atoms with Crippen molar-refractivity contribution >= 4 is 56.6 Å². The first-order valence-corrected chi connectivity index (χ1v) is 14.7. The molecular formula is C31H29ClN2O6S. The third-order valence-electron chi connectivity index (χ3n) is 7.12. The summed E-state index contributed by atoms with van der Waals surface area (Å²) < 4.78 is 12.0. The van der Waals surface area contributed by atoms with E-state index >= 15 is 0 Å². The lowest BCUT2D eigenvalue weighted by Crippen LogP contribution is -2.28. The van der Waals surface area contributed by atoms with E-state index in [2.05, 4.69) is 5.32 Å². The second-order valence-electron chi connectivity index (χ2n) is 9.75. The lowest BCUT2D eigenvalue weighted by Gasteiger charge is -2.17. The number of rotatable bonds is 7. The molecule has 4 aromatic rings. The van der Waals surface area contributed by atoms with Crippen molar-refractivity contribution in [1.29, 1.82) is 0 Å². The van der Waals surface area contributed by atoms with Gasteiger partial charge in [-0.15, -0.1) is 11.3 Å². The second kappa shape index (κ2) is 12.3. The number of aromatic nitrogens is 1. The van der Waals surface area contributed by atoms with Crippen molar-refractivity contribution in [2.24, 2.45) is 7.05 Å². The number of esters is 2. The van der Waals surface area contributed by atoms with Crippen LogP contribution in [0, 0.1) is 0 Å². The molecule has 1 amide bonds. The normalized spacial score (nSPS) is 12.9. The summed E-state index contributed by atoms with van der Waals surface area (Å²) in [4.78, 5) is 53.5. The predicted molar refractivity (Wildman–Crippen MR) is 160 cm³/mol. The van der Waals surface area contributed by atoms with Crippen LogP contribution in [0.25, 0.3) is 21.9 Å². The number of ether oxygens (including phenoxy) is 2. The molecule has 0 saturated carbocycles. The maximum atomic E-state index is 13.5. The Balaban J connectivity index is 1.44. The van der Waals surface area contributed by atoms with Gasteiger partial charge in [-0.2, -0.15) is 0 Å². The topological polar surface area (TPSA) is 104 Å². The molecule has 0 bridgehead atoms. The van der Waals surface area contributed by atoms with Crippen molar-refractivity contribution in [1.82, 2.24) is 4.57 Å². The van der Waals surface area contributed by atoms with Crippen LogP contribution in [0.3, 0.4) is 0 Å². The van der Waals surface area contributed by atoms with E-state index in [-0.39, 0.29) is 17.9 Å². The highest BCUT2D eigenvalue weighted by atomic mass is 35.5. The van der Waals surface area contributed by atoms with Gasteiger partial charge in [0.2, 0.25) is 0 Å². The number of fused-ring (bicyclic) bond motifs is 2. The fourth-order valence-electron chi connectivity index (χ4n) is 5.22. The average Bonchev–Trinajstić information content (AvgIpc) is 3.14. The zero-order chi connectivity index (χ0) is 29.1. The van der Waals surface area contributed by atoms with Crippen LogP contribution in [0.4, 0.5) is 5.00 Å². The molecule has 2 aromatic heterocycles. The summed E-state index contributed by atoms with van der Waals surface area (Å²) in [7, 11) is 1.50. The number of nitrogens with one attached hydrogen (secondary N) is 1. The minimum atomic E-state index is -0.831. The molecule has 0 aliphatic heterocycles. The Kier molecular flexibility index (Phi) is 8.56. The van der Waals surface area contributed by atoms with Crippen molar-refractivity contribution in [3.05, 3.63) is 85.6 Å². The second-order valence-corrected chi connectivity index (χ2v) is 11.3. The van der Waals surface area contributed by atoms with Crippen LogP contribution in [-0.2, 0) is 34.2 Å². The molecule has 1 aliphatic rings. The van der Waals surface area contributed by atoms with Crippen molar-refractivity contribution in [2.45, 2.75) is 39.0 Å². The predicted octanol–water partition coefficient (Wildman–Crippen LogP) is 6.16. The van der Waals surface area contributed by atoms with Gasteiger partial charge in [-0.25, -0.2) is 9.59 Å². The molecule has 1 N–H and O–H groups in total. The largest absolute Gasteiger partial charge is 0.462 e. The highest BCUT2D eigenvalue weighted by molar-refractivity contribution is 7.17. The molecular weight excluding hydrogens is 564 g/mol. The van der Waals surface area contributed by atoms with E-state index < -0.39 is 24.5 Å². The first-order valence-electron chi connectivity index (χ1n) is 13.5. The van der Waals surface area contributed by atoms with E-state index in [0.717, 1.165) is 42.5 Å². The summed E-state index contributed by atoms with van der Waals surface area (Å²) in [5.74, 6) is -1.90. The quantitative estimate of drug-likeness (QED) is 0.204. The first kappa shape index (κ1) is 28.6. The van der Waals surface area contributed by atoms with Gasteiger partial charge in [0.15, 0.2) is 6.61 Å². The molecule has 212 valence electrons. The molecule has 2 heterocycles. The lowest BCUT2D eigenvalue weighted by atomic mass is 9.97. The Bertz CT molecular complexity index is 1710. The van der Waals surface area contributed by atoms with Crippen molar-refractivity contribution in [3.8, 4) is 11.1 Å². The Labute approximate surface area is 245 Å². The fraction of sp³-hybridized carbons (Fsp3) is 0.290. The van der Waals surface area contributed by atoms with Crippen LogP contribution >= 0.6 is 22.9 Å². The molecule has 10 heteroatoms. The zero-order valence-corrected chi connectivity index (χ0v) is 24.3. The number of hydrogen-bond donors (Lipinski definition) is 1. The molecule has 8 nitrogen and oxygen atoms in total. The SMILES string of the molecule is CCOC(=O)c1c(NC(=O)COC(=O)c2c(-c3ccc(Cl)cc3)c3ccccc3c(=O)n2C)sc2c1CCCCC2. The van der Waals surface area contributed by atoms with Crippen LogP contribution in [-0.4, -0.2) is 35.6 Å². The minimum absolute atomic E-state index is 0.0128. The Hall–Kier alpha value is -3.95. The summed E-state index contributed by atoms with van der Waals surface area (Å²) >= 11 is 7.46. The van der Waals surface area contributed by atoms with E-state index in [4.69, 9.17) is 21.1 Å². The molecule has 0 saturated heterocycles. The van der Waals surface area contributed by atoms with Gasteiger partial charge >= 0.3 is 11.9 Å². The third kappa shape index (κ3) is 5.78. The average molecular weight is 593 g/mol. The number of thiophene rings is 1. The number of halogens is 1. The van der Waals surface area contributed by atoms with Gasteiger partial charge in [0, 0.05) is 27.9 Å². The van der Waals surface area contributed by atoms with Gasteiger partial charge in [0.25, 0.3) is 11.5 Å². The lowest BCUT2D eigenvalue weighted by molar-refractivity contribution is -0.119. The zero-order valence-electron chi connectivity index (χ0n) is 22.8. The number of benzene rings is 2. The first-order chi connectivity index (χ1) is 19.8. The number of aryl methyl sites for hydroxylation is 1. The number of pyridine rings is 1. The molecule has 0 radical (unpaired) electrons. The Morgan fingerprint density at radius 2 is 1.66 bits per heavy atom. The van der Waals surface area contributed by atoms with Crippen LogP contribution in [0.5, 0.6) is 0 Å². The summed E-state index contributed by atoms with van der Waals surface area (Å²) in [6.07, 6.45) is 4.63. The van der Waals surface area contributed by atoms with E-state index in [1.54, 1.807) is 55.5 Å². The molecule has 0 atom stereocenters. The minimum Gasteiger partial charge on any atom is -0.462 e. The fourth-order valence-corrected chi connectivity index (χ4v) is 6.64. The molecule has 0 unspecified atom stereocenters. The van der Waals surface area contributed by atoms with Crippen LogP contribution < -0.4 is 10.9 Å². The van der Waals surface area contributed by atoms with Crippen molar-refractivity contribution < 1.29 is 23.9 Å². The van der Waals surface area contributed by atoms with Gasteiger partial charge in [0.05, 0.1) is 12.2 Å². The van der Waals surface area contributed by atoms with Gasteiger partial charge in [-0.1, -0.05) is 48.4 Å². The highest BCUT2D eigenvalue weighted by Crippen LogP contribution is 2.38. The maximum absolute atomic E-state index is 13.5. The standard InChI is InChI=1S/C31H29ClN2O6S/c1-3-39-30(37)26-22-11-5-4-6-12-23(22)41-28(26)33-24(35)17-40-31(38)27-25(18-13-15-19(32)16-14-18)20-9-7-8-10-21(20)29(36)34(27)2/h7-10,13-16H,3-6,11-12,17H2,1-2H3,(H,33,35). The molecule has 1 aliphatic carbocycles. The van der Waals surface area contributed by atoms with Crippen LogP contribution in [0.2, 0.25) is 5.02 Å². The monoisotopic (exact) mass is 592 g/mol. The molecule has 0 fully saturated rings. The number of anilines is 1. The van der Waals surface area contributed by atoms with E-state index in [9.17, 15) is 19.2 Å². The van der Waals surface area contributed by atoms with Gasteiger partial charge in [-0.05, 0) is 67.3 Å². The number of hydrogen-bond acceptors (Lipinski definition) is 7. The van der Waals surface area contributed by atoms with Gasteiger partial charge in [0.1, 0.15) is 10.7 Å². The van der Waals surface area contributed by atoms with Gasteiger partial charge in [-0.3, -0.25) is 9.59 Å². The number of carbonyl (C=O) groups is 3. The van der Waals surface area contributed by atoms with E-state index in [1.165, 1.54) is 23.0 Å².